The van der Waals surface area contributed by atoms with Crippen molar-refractivity contribution in [1.29, 1.82) is 0 Å². The van der Waals surface area contributed by atoms with Crippen LogP contribution in [0.5, 0.6) is 0 Å². The van der Waals surface area contributed by atoms with Gasteiger partial charge in [-0.3, -0.25) is 4.79 Å². The highest BCUT2D eigenvalue weighted by Gasteiger charge is 2.28. The van der Waals surface area contributed by atoms with Gasteiger partial charge in [-0.25, -0.2) is 13.4 Å². The Morgan fingerprint density at radius 3 is 2.59 bits per heavy atom. The second-order valence-electron chi connectivity index (χ2n) is 8.08. The summed E-state index contributed by atoms with van der Waals surface area (Å²) in [5, 5.41) is 5.69. The van der Waals surface area contributed by atoms with Crippen LogP contribution in [0, 0.1) is 6.92 Å². The van der Waals surface area contributed by atoms with Gasteiger partial charge in [0.1, 0.15) is 11.5 Å². The van der Waals surface area contributed by atoms with Crippen molar-refractivity contribution in [2.45, 2.75) is 31.3 Å². The van der Waals surface area contributed by atoms with Crippen LogP contribution < -0.4 is 5.32 Å². The van der Waals surface area contributed by atoms with Crippen LogP contribution in [-0.4, -0.2) is 30.2 Å². The lowest BCUT2D eigenvalue weighted by atomic mass is 10.0. The Morgan fingerprint density at radius 2 is 1.85 bits per heavy atom. The molecule has 1 aliphatic rings. The molecule has 0 atom stereocenters. The highest BCUT2D eigenvalue weighted by molar-refractivity contribution is 7.89. The number of carbonyl (C=O) groups excluding carboxylic acids is 1. The number of hydrogen-bond donors (Lipinski definition) is 1. The van der Waals surface area contributed by atoms with Gasteiger partial charge in [-0.1, -0.05) is 24.3 Å². The van der Waals surface area contributed by atoms with Gasteiger partial charge in [-0.05, 0) is 60.9 Å². The second-order valence-corrected chi connectivity index (χ2v) is 11.1. The van der Waals surface area contributed by atoms with E-state index < -0.39 is 10.0 Å². The van der Waals surface area contributed by atoms with Crippen molar-refractivity contribution in [3.05, 3.63) is 93.5 Å². The van der Waals surface area contributed by atoms with Crippen LogP contribution in [0.3, 0.4) is 0 Å². The molecule has 2 aromatic carbocycles. The molecular formula is C25H23N3O4S2. The van der Waals surface area contributed by atoms with Crippen LogP contribution in [0.1, 0.15) is 32.3 Å². The number of benzene rings is 2. The third kappa shape index (κ3) is 4.54. The molecule has 0 aliphatic carbocycles. The smallest absolute Gasteiger partial charge is 0.251 e. The number of sulfonamides is 1. The Bertz CT molecular complexity index is 1440. The second kappa shape index (κ2) is 9.17. The quantitative estimate of drug-likeness (QED) is 0.430. The Balaban J connectivity index is 1.22. The Labute approximate surface area is 202 Å². The number of nitrogens with one attached hydrogen (secondary N) is 1. The predicted molar refractivity (Wildman–Crippen MR) is 130 cm³/mol. The summed E-state index contributed by atoms with van der Waals surface area (Å²) < 4.78 is 33.5. The standard InChI is InChI=1S/C25H23N3O4S2/c1-17-27-23(16-33-17)24-11-8-21(32-24)14-26-25(29)19-6-9-22(10-7-19)34(30,31)28-13-12-18-4-2-3-5-20(18)15-28/h2-11,16H,12-15H2,1H3,(H,26,29). The van der Waals surface area contributed by atoms with E-state index in [1.54, 1.807) is 17.4 Å². The molecule has 5 rings (SSSR count). The maximum atomic E-state index is 13.1. The molecule has 2 aromatic heterocycles. The number of rotatable bonds is 6. The molecule has 1 amide bonds. The van der Waals surface area contributed by atoms with Gasteiger partial charge < -0.3 is 9.73 Å². The van der Waals surface area contributed by atoms with Crippen molar-refractivity contribution in [3.8, 4) is 11.5 Å². The van der Waals surface area contributed by atoms with Gasteiger partial charge in [-0.15, -0.1) is 11.3 Å². The molecule has 1 aliphatic heterocycles. The third-order valence-corrected chi connectivity index (χ3v) is 8.44. The zero-order chi connectivity index (χ0) is 23.7. The van der Waals surface area contributed by atoms with Crippen LogP contribution >= 0.6 is 11.3 Å². The van der Waals surface area contributed by atoms with Crippen LogP contribution in [0.2, 0.25) is 0 Å². The molecule has 0 bridgehead atoms. The lowest BCUT2D eigenvalue weighted by molar-refractivity contribution is 0.0948. The van der Waals surface area contributed by atoms with Crippen LogP contribution in [0.15, 0.2) is 75.4 Å². The average Bonchev–Trinajstić information content (AvgIpc) is 3.51. The fourth-order valence-corrected chi connectivity index (χ4v) is 5.98. The first-order chi connectivity index (χ1) is 16.4. The predicted octanol–water partition coefficient (Wildman–Crippen LogP) is 4.39. The summed E-state index contributed by atoms with van der Waals surface area (Å²) in [7, 11) is -3.64. The normalized spacial score (nSPS) is 14.0. The van der Waals surface area contributed by atoms with Gasteiger partial charge in [0.2, 0.25) is 10.0 Å². The molecule has 0 unspecified atom stereocenters. The lowest BCUT2D eigenvalue weighted by Crippen LogP contribution is -2.36. The van der Waals surface area contributed by atoms with Gasteiger partial charge in [0.05, 0.1) is 16.4 Å². The summed E-state index contributed by atoms with van der Waals surface area (Å²) in [6, 6.07) is 17.6. The van der Waals surface area contributed by atoms with Gasteiger partial charge in [0.25, 0.3) is 5.91 Å². The highest BCUT2D eigenvalue weighted by Crippen LogP contribution is 2.26. The minimum Gasteiger partial charge on any atom is -0.458 e. The van der Waals surface area contributed by atoms with Crippen molar-refractivity contribution in [2.75, 3.05) is 6.54 Å². The highest BCUT2D eigenvalue weighted by atomic mass is 32.2. The largest absolute Gasteiger partial charge is 0.458 e. The van der Waals surface area contributed by atoms with E-state index in [9.17, 15) is 13.2 Å². The van der Waals surface area contributed by atoms with E-state index in [1.807, 2.05) is 42.6 Å². The number of fused-ring (bicyclic) bond motifs is 1. The summed E-state index contributed by atoms with van der Waals surface area (Å²) in [5.41, 5.74) is 3.37. The summed E-state index contributed by atoms with van der Waals surface area (Å²) in [6.07, 6.45) is 0.687. The Hall–Kier alpha value is -3.27. The van der Waals surface area contributed by atoms with Gasteiger partial charge >= 0.3 is 0 Å². The monoisotopic (exact) mass is 493 g/mol. The number of thiazole rings is 1. The molecule has 1 N–H and O–H groups in total. The van der Waals surface area contributed by atoms with Crippen molar-refractivity contribution in [1.82, 2.24) is 14.6 Å². The molecule has 9 heteroatoms. The number of amides is 1. The summed E-state index contributed by atoms with van der Waals surface area (Å²) >= 11 is 1.55. The van der Waals surface area contributed by atoms with Gasteiger partial charge in [0, 0.05) is 24.0 Å². The first-order valence-electron chi connectivity index (χ1n) is 10.9. The average molecular weight is 494 g/mol. The lowest BCUT2D eigenvalue weighted by Gasteiger charge is -2.28. The zero-order valence-electron chi connectivity index (χ0n) is 18.5. The fraction of sp³-hybridized carbons (Fsp3) is 0.200. The topological polar surface area (TPSA) is 92.5 Å². The van der Waals surface area contributed by atoms with E-state index in [0.717, 1.165) is 16.3 Å². The van der Waals surface area contributed by atoms with Crippen molar-refractivity contribution in [2.24, 2.45) is 0 Å². The first-order valence-corrected chi connectivity index (χ1v) is 13.2. The Kier molecular flexibility index (Phi) is 6.07. The number of aromatic nitrogens is 1. The maximum absolute atomic E-state index is 13.1. The number of nitrogens with zero attached hydrogens (tertiary/aromatic N) is 2. The number of aryl methyl sites for hydroxylation is 1. The third-order valence-electron chi connectivity index (χ3n) is 5.81. The van der Waals surface area contributed by atoms with E-state index >= 15 is 0 Å². The molecular weight excluding hydrogens is 470 g/mol. The molecule has 34 heavy (non-hydrogen) atoms. The fourth-order valence-electron chi connectivity index (χ4n) is 3.96. The summed E-state index contributed by atoms with van der Waals surface area (Å²) in [5.74, 6) is 0.959. The minimum absolute atomic E-state index is 0.178. The number of carbonyl (C=O) groups is 1. The van der Waals surface area contributed by atoms with E-state index in [0.29, 0.717) is 36.6 Å². The van der Waals surface area contributed by atoms with Crippen LogP contribution in [0.4, 0.5) is 0 Å². The van der Waals surface area contributed by atoms with Gasteiger partial charge in [0.15, 0.2) is 5.76 Å². The molecule has 0 spiro atoms. The first kappa shape index (κ1) is 22.5. The Morgan fingerprint density at radius 1 is 1.09 bits per heavy atom. The molecule has 0 saturated carbocycles. The van der Waals surface area contributed by atoms with Crippen molar-refractivity contribution >= 4 is 27.3 Å². The molecule has 4 aromatic rings. The van der Waals surface area contributed by atoms with Crippen LogP contribution in [0.25, 0.3) is 11.5 Å². The summed E-state index contributed by atoms with van der Waals surface area (Å²) in [4.78, 5) is 17.1. The van der Waals surface area contributed by atoms with E-state index in [-0.39, 0.29) is 17.3 Å². The molecule has 0 fully saturated rings. The number of furan rings is 1. The molecule has 0 radical (unpaired) electrons. The summed E-state index contributed by atoms with van der Waals surface area (Å²) in [6.45, 7) is 2.94. The molecule has 3 heterocycles. The van der Waals surface area contributed by atoms with E-state index in [1.165, 1.54) is 34.1 Å². The zero-order valence-corrected chi connectivity index (χ0v) is 20.2. The molecule has 7 nitrogen and oxygen atoms in total. The maximum Gasteiger partial charge on any atom is 0.251 e. The SMILES string of the molecule is Cc1nc(-c2ccc(CNC(=O)c3ccc(S(=O)(=O)N4CCc5ccccc5C4)cc3)o2)cs1. The van der Waals surface area contributed by atoms with Gasteiger partial charge in [-0.2, -0.15) is 4.31 Å². The number of hydrogen-bond acceptors (Lipinski definition) is 6. The van der Waals surface area contributed by atoms with E-state index in [2.05, 4.69) is 10.3 Å². The van der Waals surface area contributed by atoms with E-state index in [4.69, 9.17) is 4.42 Å². The van der Waals surface area contributed by atoms with Crippen LogP contribution in [-0.2, 0) is 29.5 Å². The molecule has 174 valence electrons. The van der Waals surface area contributed by atoms with Crippen molar-refractivity contribution in [3.63, 3.8) is 0 Å². The van der Waals surface area contributed by atoms with Crippen molar-refractivity contribution < 1.29 is 17.6 Å². The minimum atomic E-state index is -3.64. The molecule has 0 saturated heterocycles.